The lowest BCUT2D eigenvalue weighted by Crippen LogP contribution is -1.69. The summed E-state index contributed by atoms with van der Waals surface area (Å²) < 4.78 is 0. The van der Waals surface area contributed by atoms with Crippen LogP contribution in [0.15, 0.2) is 18.5 Å². The molecule has 0 atom stereocenters. The molecule has 2 nitrogen and oxygen atoms in total. The molecule has 1 rings (SSSR count). The van der Waals surface area contributed by atoms with Crippen molar-refractivity contribution < 1.29 is 0 Å². The summed E-state index contributed by atoms with van der Waals surface area (Å²) in [4.78, 5) is 6.90. The molecule has 0 saturated carbocycles. The Balaban J connectivity index is 2.77. The Hall–Kier alpha value is -1.05. The molecular weight excluding hydrogens is 100 g/mol. The molecule has 0 unspecified atom stereocenters. The Kier molecular flexibility index (Phi) is 1.47. The van der Waals surface area contributed by atoms with Crippen molar-refractivity contribution in [3.05, 3.63) is 24.3 Å². The van der Waals surface area contributed by atoms with E-state index >= 15 is 0 Å². The first-order chi connectivity index (χ1) is 3.93. The van der Waals surface area contributed by atoms with Gasteiger partial charge in [0.2, 0.25) is 0 Å². The van der Waals surface area contributed by atoms with Crippen molar-refractivity contribution in [3.63, 3.8) is 0 Å². The Morgan fingerprint density at radius 1 is 1.75 bits per heavy atom. The predicted octanol–water partition coefficient (Wildman–Crippen LogP) is 1.44. The average Bonchev–Trinajstić information content (AvgIpc) is 2.19. The maximum Gasteiger partial charge on any atom is 0.129 e. The summed E-state index contributed by atoms with van der Waals surface area (Å²) in [5, 5.41) is 0. The fraction of sp³-hybridized carbons (Fsp3) is 0.167. The van der Waals surface area contributed by atoms with Gasteiger partial charge in [-0.1, -0.05) is 6.08 Å². The van der Waals surface area contributed by atoms with Crippen LogP contribution in [-0.4, -0.2) is 9.97 Å². The van der Waals surface area contributed by atoms with Crippen LogP contribution in [-0.2, 0) is 0 Å². The maximum absolute atomic E-state index is 3.96. The number of nitrogens with one attached hydrogen (secondary N) is 1. The summed E-state index contributed by atoms with van der Waals surface area (Å²) in [7, 11) is 0. The molecule has 1 aromatic rings. The lowest BCUT2D eigenvalue weighted by Gasteiger charge is -1.76. The van der Waals surface area contributed by atoms with E-state index in [1.165, 1.54) is 0 Å². The van der Waals surface area contributed by atoms with Crippen molar-refractivity contribution in [1.82, 2.24) is 9.97 Å². The van der Waals surface area contributed by atoms with Crippen LogP contribution in [0.3, 0.4) is 0 Å². The van der Waals surface area contributed by atoms with Gasteiger partial charge in [-0.25, -0.2) is 4.98 Å². The number of H-pyrrole nitrogens is 1. The molecule has 0 radical (unpaired) electrons. The maximum atomic E-state index is 3.96. The second-order valence-electron chi connectivity index (χ2n) is 1.47. The number of aromatic nitrogens is 2. The van der Waals surface area contributed by atoms with Crippen LogP contribution in [0.25, 0.3) is 6.08 Å². The van der Waals surface area contributed by atoms with Gasteiger partial charge in [-0.05, 0) is 13.0 Å². The largest absolute Gasteiger partial charge is 0.345 e. The molecule has 8 heavy (non-hydrogen) atoms. The minimum Gasteiger partial charge on any atom is -0.345 e. The Morgan fingerprint density at radius 2 is 2.62 bits per heavy atom. The number of imidazole rings is 1. The van der Waals surface area contributed by atoms with Crippen molar-refractivity contribution in [1.29, 1.82) is 0 Å². The normalized spacial score (nSPS) is 10.6. The molecule has 1 heterocycles. The highest BCUT2D eigenvalue weighted by molar-refractivity contribution is 5.38. The molecule has 42 valence electrons. The van der Waals surface area contributed by atoms with Crippen LogP contribution in [0, 0.1) is 0 Å². The minimum atomic E-state index is 0.910. The van der Waals surface area contributed by atoms with Gasteiger partial charge < -0.3 is 4.98 Å². The number of aromatic amines is 1. The Labute approximate surface area is 48.3 Å². The van der Waals surface area contributed by atoms with E-state index in [1.54, 1.807) is 12.4 Å². The molecule has 0 saturated heterocycles. The zero-order chi connectivity index (χ0) is 5.82. The zero-order valence-corrected chi connectivity index (χ0v) is 4.76. The van der Waals surface area contributed by atoms with E-state index in [1.807, 2.05) is 19.1 Å². The first kappa shape index (κ1) is 5.09. The van der Waals surface area contributed by atoms with Gasteiger partial charge >= 0.3 is 0 Å². The van der Waals surface area contributed by atoms with Crippen LogP contribution < -0.4 is 0 Å². The molecule has 2 heteroatoms. The number of nitrogens with zero attached hydrogens (tertiary/aromatic N) is 1. The fourth-order valence-corrected chi connectivity index (χ4v) is 0.526. The molecule has 1 N–H and O–H groups in total. The summed E-state index contributed by atoms with van der Waals surface area (Å²) in [5.41, 5.74) is 0. The van der Waals surface area contributed by atoms with E-state index < -0.39 is 0 Å². The standard InChI is InChI=1S/C6H8N2/c1-2-3-6-7-4-5-8-6/h2-5H,1H3,(H,7,8)/b3-2+. The topological polar surface area (TPSA) is 28.7 Å². The fourth-order valence-electron chi connectivity index (χ4n) is 0.526. The monoisotopic (exact) mass is 108 g/mol. The van der Waals surface area contributed by atoms with Crippen molar-refractivity contribution in [2.24, 2.45) is 0 Å². The number of rotatable bonds is 1. The highest BCUT2D eigenvalue weighted by Gasteiger charge is 1.80. The molecule has 0 bridgehead atoms. The third-order valence-corrected chi connectivity index (χ3v) is 0.844. The summed E-state index contributed by atoms with van der Waals surface area (Å²) >= 11 is 0. The van der Waals surface area contributed by atoms with Crippen molar-refractivity contribution in [3.8, 4) is 0 Å². The van der Waals surface area contributed by atoms with Gasteiger partial charge in [0.1, 0.15) is 5.82 Å². The number of hydrogen-bond donors (Lipinski definition) is 1. The quantitative estimate of drug-likeness (QED) is 0.579. The van der Waals surface area contributed by atoms with E-state index in [2.05, 4.69) is 9.97 Å². The first-order valence-electron chi connectivity index (χ1n) is 2.55. The van der Waals surface area contributed by atoms with Gasteiger partial charge in [-0.2, -0.15) is 0 Å². The second kappa shape index (κ2) is 2.31. The SMILES string of the molecule is C/C=C/c1ncc[nH]1. The summed E-state index contributed by atoms with van der Waals surface area (Å²) in [6, 6.07) is 0. The summed E-state index contributed by atoms with van der Waals surface area (Å²) in [5.74, 6) is 0.910. The molecule has 0 aliphatic heterocycles. The molecule has 1 aromatic heterocycles. The smallest absolute Gasteiger partial charge is 0.129 e. The zero-order valence-electron chi connectivity index (χ0n) is 4.76. The molecule has 0 fully saturated rings. The third kappa shape index (κ3) is 0.964. The van der Waals surface area contributed by atoms with E-state index in [0.29, 0.717) is 0 Å². The lowest BCUT2D eigenvalue weighted by atomic mass is 10.5. The predicted molar refractivity (Wildman–Crippen MR) is 33.3 cm³/mol. The third-order valence-electron chi connectivity index (χ3n) is 0.844. The van der Waals surface area contributed by atoms with E-state index in [0.717, 1.165) is 5.82 Å². The molecule has 0 aromatic carbocycles. The molecular formula is C6H8N2. The molecule has 0 amide bonds. The molecule has 0 spiro atoms. The molecule has 0 aliphatic rings. The van der Waals surface area contributed by atoms with Crippen LogP contribution in [0.5, 0.6) is 0 Å². The lowest BCUT2D eigenvalue weighted by molar-refractivity contribution is 1.26. The van der Waals surface area contributed by atoms with Gasteiger partial charge in [-0.15, -0.1) is 0 Å². The molecule has 0 aliphatic carbocycles. The van der Waals surface area contributed by atoms with Crippen LogP contribution in [0.1, 0.15) is 12.7 Å². The van der Waals surface area contributed by atoms with E-state index in [4.69, 9.17) is 0 Å². The summed E-state index contributed by atoms with van der Waals surface area (Å²) in [6.07, 6.45) is 7.39. The van der Waals surface area contributed by atoms with Gasteiger partial charge in [0.05, 0.1) is 0 Å². The van der Waals surface area contributed by atoms with Crippen LogP contribution >= 0.6 is 0 Å². The van der Waals surface area contributed by atoms with Crippen LogP contribution in [0.2, 0.25) is 0 Å². The first-order valence-corrected chi connectivity index (χ1v) is 2.55. The van der Waals surface area contributed by atoms with Gasteiger partial charge in [-0.3, -0.25) is 0 Å². The van der Waals surface area contributed by atoms with E-state index in [9.17, 15) is 0 Å². The van der Waals surface area contributed by atoms with Crippen molar-refractivity contribution in [2.45, 2.75) is 6.92 Å². The second-order valence-corrected chi connectivity index (χ2v) is 1.47. The average molecular weight is 108 g/mol. The Morgan fingerprint density at radius 3 is 3.12 bits per heavy atom. The highest BCUT2D eigenvalue weighted by Crippen LogP contribution is 1.89. The van der Waals surface area contributed by atoms with E-state index in [-0.39, 0.29) is 0 Å². The van der Waals surface area contributed by atoms with Gasteiger partial charge in [0.25, 0.3) is 0 Å². The summed E-state index contributed by atoms with van der Waals surface area (Å²) in [6.45, 7) is 1.96. The van der Waals surface area contributed by atoms with Crippen molar-refractivity contribution in [2.75, 3.05) is 0 Å². The number of allylic oxidation sites excluding steroid dienone is 1. The Bertz CT molecular complexity index is 163. The highest BCUT2D eigenvalue weighted by atomic mass is 14.9. The minimum absolute atomic E-state index is 0.910. The van der Waals surface area contributed by atoms with Crippen molar-refractivity contribution >= 4 is 6.08 Å². The van der Waals surface area contributed by atoms with Gasteiger partial charge in [0.15, 0.2) is 0 Å². The van der Waals surface area contributed by atoms with Crippen LogP contribution in [0.4, 0.5) is 0 Å². The number of hydrogen-bond acceptors (Lipinski definition) is 1. The van der Waals surface area contributed by atoms with Gasteiger partial charge in [0, 0.05) is 12.4 Å².